The summed E-state index contributed by atoms with van der Waals surface area (Å²) in [6, 6.07) is 4.83. The quantitative estimate of drug-likeness (QED) is 0.787. The summed E-state index contributed by atoms with van der Waals surface area (Å²) >= 11 is 11.6. The van der Waals surface area contributed by atoms with Crippen molar-refractivity contribution in [2.24, 2.45) is 0 Å². The molecule has 6 heteroatoms. The molecule has 0 fully saturated rings. The van der Waals surface area contributed by atoms with Crippen molar-refractivity contribution in [1.82, 2.24) is 0 Å². The molecular weight excluding hydrogens is 277 g/mol. The van der Waals surface area contributed by atoms with Crippen LogP contribution in [0.2, 0.25) is 10.0 Å². The minimum Gasteiger partial charge on any atom is -0.481 e. The Morgan fingerprint density at radius 3 is 2.39 bits per heavy atom. The fraction of sp³-hybridized carbons (Fsp3) is 0.333. The maximum atomic E-state index is 11.5. The number of carbonyl (C=O) groups is 2. The first-order valence-electron chi connectivity index (χ1n) is 5.45. The highest BCUT2D eigenvalue weighted by Gasteiger charge is 2.05. The molecule has 0 saturated carbocycles. The first-order chi connectivity index (χ1) is 8.49. The van der Waals surface area contributed by atoms with E-state index in [1.165, 1.54) is 0 Å². The summed E-state index contributed by atoms with van der Waals surface area (Å²) in [5.41, 5.74) is 0.577. The second kappa shape index (κ2) is 7.24. The number of carbonyl (C=O) groups excluding carboxylic acids is 1. The van der Waals surface area contributed by atoms with Crippen molar-refractivity contribution in [1.29, 1.82) is 0 Å². The van der Waals surface area contributed by atoms with Crippen molar-refractivity contribution < 1.29 is 14.7 Å². The maximum absolute atomic E-state index is 11.5. The third-order valence-corrected chi connectivity index (χ3v) is 2.99. The highest BCUT2D eigenvalue weighted by atomic mass is 35.5. The second-order valence-corrected chi connectivity index (χ2v) is 4.59. The van der Waals surface area contributed by atoms with E-state index in [0.717, 1.165) is 0 Å². The second-order valence-electron chi connectivity index (χ2n) is 3.78. The number of halogens is 2. The normalized spacial score (nSPS) is 10.1. The fourth-order valence-electron chi connectivity index (χ4n) is 1.36. The van der Waals surface area contributed by atoms with E-state index >= 15 is 0 Å². The number of hydrogen-bond donors (Lipinski definition) is 2. The molecule has 1 aromatic carbocycles. The van der Waals surface area contributed by atoms with Crippen LogP contribution in [0, 0.1) is 0 Å². The Morgan fingerprint density at radius 2 is 1.78 bits per heavy atom. The number of rotatable bonds is 6. The fourth-order valence-corrected chi connectivity index (χ4v) is 1.66. The number of hydrogen-bond acceptors (Lipinski definition) is 2. The zero-order valence-corrected chi connectivity index (χ0v) is 11.1. The third-order valence-electron chi connectivity index (χ3n) is 2.25. The molecular formula is C12H13Cl2NO3. The molecule has 0 aliphatic heterocycles. The summed E-state index contributed by atoms with van der Waals surface area (Å²) in [5.74, 6) is -1.02. The number of carboxylic acids is 1. The van der Waals surface area contributed by atoms with Gasteiger partial charge in [0.05, 0.1) is 10.0 Å². The van der Waals surface area contributed by atoms with Gasteiger partial charge in [-0.2, -0.15) is 0 Å². The summed E-state index contributed by atoms with van der Waals surface area (Å²) in [7, 11) is 0. The van der Waals surface area contributed by atoms with Gasteiger partial charge in [0.15, 0.2) is 0 Å². The van der Waals surface area contributed by atoms with Gasteiger partial charge in [-0.1, -0.05) is 23.2 Å². The molecule has 1 amide bonds. The number of anilines is 1. The van der Waals surface area contributed by atoms with Gasteiger partial charge in [0.25, 0.3) is 0 Å². The van der Waals surface area contributed by atoms with Crippen molar-refractivity contribution in [3.63, 3.8) is 0 Å². The number of carboxylic acid groups (broad SMARTS) is 1. The summed E-state index contributed by atoms with van der Waals surface area (Å²) in [4.78, 5) is 21.8. The van der Waals surface area contributed by atoms with E-state index in [0.29, 0.717) is 28.6 Å². The highest BCUT2D eigenvalue weighted by Crippen LogP contribution is 2.25. The number of amides is 1. The lowest BCUT2D eigenvalue weighted by molar-refractivity contribution is -0.137. The van der Waals surface area contributed by atoms with Gasteiger partial charge in [-0.3, -0.25) is 9.59 Å². The van der Waals surface area contributed by atoms with Crippen LogP contribution in [0.15, 0.2) is 18.2 Å². The van der Waals surface area contributed by atoms with Gasteiger partial charge in [-0.25, -0.2) is 0 Å². The molecule has 0 unspecified atom stereocenters. The first kappa shape index (κ1) is 14.8. The molecule has 0 aromatic heterocycles. The van der Waals surface area contributed by atoms with Crippen LogP contribution >= 0.6 is 23.2 Å². The lowest BCUT2D eigenvalue weighted by atomic mass is 10.2. The highest BCUT2D eigenvalue weighted by molar-refractivity contribution is 6.42. The van der Waals surface area contributed by atoms with Crippen molar-refractivity contribution in [2.75, 3.05) is 5.32 Å². The number of unbranched alkanes of at least 4 members (excludes halogenated alkanes) is 1. The van der Waals surface area contributed by atoms with E-state index in [1.54, 1.807) is 18.2 Å². The molecule has 0 aliphatic rings. The van der Waals surface area contributed by atoms with E-state index in [2.05, 4.69) is 5.32 Å². The average molecular weight is 290 g/mol. The Kier molecular flexibility index (Phi) is 5.95. The van der Waals surface area contributed by atoms with Crippen LogP contribution in [0.5, 0.6) is 0 Å². The van der Waals surface area contributed by atoms with Gasteiger partial charge in [0, 0.05) is 18.5 Å². The third kappa shape index (κ3) is 5.38. The van der Waals surface area contributed by atoms with Gasteiger partial charge in [-0.05, 0) is 31.0 Å². The van der Waals surface area contributed by atoms with Gasteiger partial charge in [0.2, 0.25) is 5.91 Å². The van der Waals surface area contributed by atoms with Crippen LogP contribution in [0.4, 0.5) is 5.69 Å². The Balaban J connectivity index is 2.35. The topological polar surface area (TPSA) is 66.4 Å². The molecule has 1 rings (SSSR count). The molecule has 0 spiro atoms. The Morgan fingerprint density at radius 1 is 1.11 bits per heavy atom. The van der Waals surface area contributed by atoms with Crippen molar-refractivity contribution >= 4 is 40.8 Å². The molecule has 0 bridgehead atoms. The molecule has 0 heterocycles. The molecule has 0 saturated heterocycles. The van der Waals surface area contributed by atoms with Crippen molar-refractivity contribution in [3.05, 3.63) is 28.2 Å². The van der Waals surface area contributed by atoms with Crippen molar-refractivity contribution in [3.8, 4) is 0 Å². The van der Waals surface area contributed by atoms with Crippen LogP contribution in [0.3, 0.4) is 0 Å². The van der Waals surface area contributed by atoms with Crippen LogP contribution in [0.25, 0.3) is 0 Å². The Labute approximate surface area is 115 Å². The minimum atomic E-state index is -0.847. The lowest BCUT2D eigenvalue weighted by Crippen LogP contribution is -2.11. The van der Waals surface area contributed by atoms with Crippen molar-refractivity contribution in [2.45, 2.75) is 25.7 Å². The summed E-state index contributed by atoms with van der Waals surface area (Å²) in [6.45, 7) is 0. The lowest BCUT2D eigenvalue weighted by Gasteiger charge is -2.06. The number of aliphatic carboxylic acids is 1. The zero-order valence-electron chi connectivity index (χ0n) is 9.58. The molecule has 4 nitrogen and oxygen atoms in total. The predicted molar refractivity (Wildman–Crippen MR) is 71.2 cm³/mol. The van der Waals surface area contributed by atoms with E-state index in [1.807, 2.05) is 0 Å². The van der Waals surface area contributed by atoms with Gasteiger partial charge in [0.1, 0.15) is 0 Å². The largest absolute Gasteiger partial charge is 0.481 e. The van der Waals surface area contributed by atoms with Gasteiger partial charge in [-0.15, -0.1) is 0 Å². The predicted octanol–water partition coefficient (Wildman–Crippen LogP) is 3.58. The minimum absolute atomic E-state index is 0.0834. The molecule has 98 valence electrons. The van der Waals surface area contributed by atoms with E-state index in [9.17, 15) is 9.59 Å². The Hall–Kier alpha value is -1.26. The SMILES string of the molecule is O=C(O)CCCCC(=O)Nc1ccc(Cl)c(Cl)c1. The number of nitrogens with one attached hydrogen (secondary N) is 1. The molecule has 0 aliphatic carbocycles. The van der Waals surface area contributed by atoms with Gasteiger partial charge < -0.3 is 10.4 Å². The molecule has 18 heavy (non-hydrogen) atoms. The van der Waals surface area contributed by atoms with E-state index in [4.69, 9.17) is 28.3 Å². The molecule has 1 aromatic rings. The summed E-state index contributed by atoms with van der Waals surface area (Å²) in [5, 5.41) is 11.9. The van der Waals surface area contributed by atoms with Crippen LogP contribution in [-0.4, -0.2) is 17.0 Å². The standard InChI is InChI=1S/C12H13Cl2NO3/c13-9-6-5-8(7-10(9)14)15-11(16)3-1-2-4-12(17)18/h5-7H,1-4H2,(H,15,16)(H,17,18). The van der Waals surface area contributed by atoms with Gasteiger partial charge >= 0.3 is 5.97 Å². The number of benzene rings is 1. The molecule has 0 radical (unpaired) electrons. The smallest absolute Gasteiger partial charge is 0.303 e. The summed E-state index contributed by atoms with van der Waals surface area (Å²) in [6.07, 6.45) is 1.40. The summed E-state index contributed by atoms with van der Waals surface area (Å²) < 4.78 is 0. The first-order valence-corrected chi connectivity index (χ1v) is 6.21. The van der Waals surface area contributed by atoms with Crippen LogP contribution < -0.4 is 5.32 Å². The zero-order chi connectivity index (χ0) is 13.5. The van der Waals surface area contributed by atoms with Crippen LogP contribution in [0.1, 0.15) is 25.7 Å². The maximum Gasteiger partial charge on any atom is 0.303 e. The Bertz CT molecular complexity index is 449. The van der Waals surface area contributed by atoms with E-state index in [-0.39, 0.29) is 18.7 Å². The van der Waals surface area contributed by atoms with Crippen LogP contribution in [-0.2, 0) is 9.59 Å². The van der Waals surface area contributed by atoms with E-state index < -0.39 is 5.97 Å². The molecule has 0 atom stereocenters. The molecule has 2 N–H and O–H groups in total. The average Bonchev–Trinajstić information content (AvgIpc) is 2.29. The monoisotopic (exact) mass is 289 g/mol.